The molecule has 0 atom stereocenters. The summed E-state index contributed by atoms with van der Waals surface area (Å²) in [6.07, 6.45) is 3.15. The Morgan fingerprint density at radius 3 is 3.00 bits per heavy atom. The lowest BCUT2D eigenvalue weighted by Gasteiger charge is -2.22. The summed E-state index contributed by atoms with van der Waals surface area (Å²) in [5.41, 5.74) is 1.15. The summed E-state index contributed by atoms with van der Waals surface area (Å²) >= 11 is 8.40. The summed E-state index contributed by atoms with van der Waals surface area (Å²) in [5.74, 6) is 3.34. The van der Waals surface area contributed by atoms with Crippen molar-refractivity contribution in [2.75, 3.05) is 29.5 Å². The predicted octanol–water partition coefficient (Wildman–Crippen LogP) is 3.18. The molecule has 0 bridgehead atoms. The van der Waals surface area contributed by atoms with Crippen LogP contribution in [0, 0.1) is 0 Å². The fourth-order valence-electron chi connectivity index (χ4n) is 2.08. The molecule has 0 unspecified atom stereocenters. The Balaban J connectivity index is 2.05. The Morgan fingerprint density at radius 2 is 2.26 bits per heavy atom. The molecule has 0 radical (unpaired) electrons. The monoisotopic (exact) mass is 299 g/mol. The van der Waals surface area contributed by atoms with Crippen LogP contribution in [0.1, 0.15) is 25.8 Å². The standard InChI is InChI=1S/C14H22ClN3S/c1-11(2)16-9-12-8-13(15)14(17-10-12)18-4-3-6-19-7-5-18/h8,10-11,16H,3-7,9H2,1-2H3. The number of aromatic nitrogens is 1. The van der Waals surface area contributed by atoms with Crippen LogP contribution < -0.4 is 10.2 Å². The number of nitrogens with one attached hydrogen (secondary N) is 1. The third-order valence-corrected chi connectivity index (χ3v) is 4.44. The van der Waals surface area contributed by atoms with Crippen LogP contribution in [0.5, 0.6) is 0 Å². The highest BCUT2D eigenvalue weighted by Gasteiger charge is 2.14. The molecule has 106 valence electrons. The third kappa shape index (κ3) is 4.55. The summed E-state index contributed by atoms with van der Waals surface area (Å²) in [6, 6.07) is 2.51. The molecule has 2 heterocycles. The van der Waals surface area contributed by atoms with Gasteiger partial charge in [-0.15, -0.1) is 0 Å². The fourth-order valence-corrected chi connectivity index (χ4v) is 3.27. The van der Waals surface area contributed by atoms with Crippen LogP contribution in [-0.2, 0) is 6.54 Å². The minimum absolute atomic E-state index is 0.473. The summed E-state index contributed by atoms with van der Waals surface area (Å²) in [4.78, 5) is 6.87. The van der Waals surface area contributed by atoms with Gasteiger partial charge in [0, 0.05) is 37.6 Å². The first-order chi connectivity index (χ1) is 9.16. The lowest BCUT2D eigenvalue weighted by Crippen LogP contribution is -2.27. The normalized spacial score (nSPS) is 16.7. The van der Waals surface area contributed by atoms with Gasteiger partial charge >= 0.3 is 0 Å². The molecule has 0 aliphatic carbocycles. The van der Waals surface area contributed by atoms with E-state index in [1.807, 2.05) is 24.0 Å². The van der Waals surface area contributed by atoms with E-state index in [0.29, 0.717) is 6.04 Å². The minimum Gasteiger partial charge on any atom is -0.355 e. The van der Waals surface area contributed by atoms with Gasteiger partial charge in [0.2, 0.25) is 0 Å². The van der Waals surface area contributed by atoms with Crippen LogP contribution in [0.2, 0.25) is 5.02 Å². The van der Waals surface area contributed by atoms with E-state index in [-0.39, 0.29) is 0 Å². The lowest BCUT2D eigenvalue weighted by atomic mass is 10.2. The highest BCUT2D eigenvalue weighted by atomic mass is 35.5. The number of hydrogen-bond acceptors (Lipinski definition) is 4. The number of thioether (sulfide) groups is 1. The van der Waals surface area contributed by atoms with E-state index in [2.05, 4.69) is 29.0 Å². The van der Waals surface area contributed by atoms with Crippen molar-refractivity contribution in [2.24, 2.45) is 0 Å². The molecule has 1 aromatic rings. The number of nitrogens with zero attached hydrogens (tertiary/aromatic N) is 2. The van der Waals surface area contributed by atoms with Crippen molar-refractivity contribution in [2.45, 2.75) is 32.9 Å². The van der Waals surface area contributed by atoms with E-state index in [4.69, 9.17) is 11.6 Å². The first-order valence-corrected chi connectivity index (χ1v) is 8.40. The summed E-state index contributed by atoms with van der Waals surface area (Å²) < 4.78 is 0. The molecule has 1 aliphatic heterocycles. The number of rotatable bonds is 4. The Bertz CT molecular complexity index is 404. The zero-order valence-corrected chi connectivity index (χ0v) is 13.2. The van der Waals surface area contributed by atoms with E-state index in [9.17, 15) is 0 Å². The molecule has 2 rings (SSSR count). The molecule has 0 spiro atoms. The molecular weight excluding hydrogens is 278 g/mol. The van der Waals surface area contributed by atoms with Gasteiger partial charge in [0.25, 0.3) is 0 Å². The van der Waals surface area contributed by atoms with E-state index in [1.165, 1.54) is 12.2 Å². The van der Waals surface area contributed by atoms with Crippen LogP contribution >= 0.6 is 23.4 Å². The van der Waals surface area contributed by atoms with Crippen molar-refractivity contribution in [3.05, 3.63) is 22.8 Å². The number of hydrogen-bond donors (Lipinski definition) is 1. The van der Waals surface area contributed by atoms with E-state index in [0.717, 1.165) is 41.8 Å². The van der Waals surface area contributed by atoms with Gasteiger partial charge in [-0.3, -0.25) is 0 Å². The van der Waals surface area contributed by atoms with Crippen LogP contribution in [-0.4, -0.2) is 35.6 Å². The molecule has 0 amide bonds. The summed E-state index contributed by atoms with van der Waals surface area (Å²) in [5, 5.41) is 4.16. The molecule has 0 saturated carbocycles. The molecule has 1 fully saturated rings. The van der Waals surface area contributed by atoms with Gasteiger partial charge in [-0.2, -0.15) is 11.8 Å². The van der Waals surface area contributed by atoms with Crippen LogP contribution in [0.15, 0.2) is 12.3 Å². The minimum atomic E-state index is 0.473. The van der Waals surface area contributed by atoms with E-state index >= 15 is 0 Å². The third-order valence-electron chi connectivity index (χ3n) is 3.11. The second-order valence-corrected chi connectivity index (χ2v) is 6.77. The molecule has 1 aromatic heterocycles. The number of pyridine rings is 1. The van der Waals surface area contributed by atoms with Gasteiger partial charge in [0.1, 0.15) is 5.82 Å². The zero-order valence-electron chi connectivity index (χ0n) is 11.7. The van der Waals surface area contributed by atoms with Gasteiger partial charge < -0.3 is 10.2 Å². The van der Waals surface area contributed by atoms with Gasteiger partial charge in [-0.1, -0.05) is 25.4 Å². The fraction of sp³-hybridized carbons (Fsp3) is 0.643. The first-order valence-electron chi connectivity index (χ1n) is 6.87. The number of anilines is 1. The van der Waals surface area contributed by atoms with Crippen molar-refractivity contribution in [1.29, 1.82) is 0 Å². The highest BCUT2D eigenvalue weighted by Crippen LogP contribution is 2.26. The van der Waals surface area contributed by atoms with Gasteiger partial charge in [0.15, 0.2) is 0 Å². The highest BCUT2D eigenvalue weighted by molar-refractivity contribution is 7.99. The van der Waals surface area contributed by atoms with Crippen LogP contribution in [0.3, 0.4) is 0 Å². The Labute approximate surface area is 125 Å². The molecule has 5 heteroatoms. The predicted molar refractivity (Wildman–Crippen MR) is 85.4 cm³/mol. The molecule has 1 saturated heterocycles. The van der Waals surface area contributed by atoms with Gasteiger partial charge in [0.05, 0.1) is 5.02 Å². The maximum absolute atomic E-state index is 6.39. The second kappa shape index (κ2) is 7.36. The Morgan fingerprint density at radius 1 is 1.42 bits per heavy atom. The molecule has 1 N–H and O–H groups in total. The van der Waals surface area contributed by atoms with Crippen molar-refractivity contribution < 1.29 is 0 Å². The SMILES string of the molecule is CC(C)NCc1cnc(N2CCCSCC2)c(Cl)c1. The van der Waals surface area contributed by atoms with Gasteiger partial charge in [-0.05, 0) is 23.8 Å². The Kier molecular flexibility index (Phi) is 5.79. The Hall–Kier alpha value is -0.450. The van der Waals surface area contributed by atoms with E-state index < -0.39 is 0 Å². The summed E-state index contributed by atoms with van der Waals surface area (Å²) in [7, 11) is 0. The average Bonchev–Trinajstić information content (AvgIpc) is 2.65. The maximum Gasteiger partial charge on any atom is 0.147 e. The lowest BCUT2D eigenvalue weighted by molar-refractivity contribution is 0.588. The average molecular weight is 300 g/mol. The molecule has 3 nitrogen and oxygen atoms in total. The van der Waals surface area contributed by atoms with Crippen LogP contribution in [0.25, 0.3) is 0 Å². The van der Waals surface area contributed by atoms with Crippen molar-refractivity contribution in [3.8, 4) is 0 Å². The summed E-state index contributed by atoms with van der Waals surface area (Å²) in [6.45, 7) is 7.20. The van der Waals surface area contributed by atoms with Gasteiger partial charge in [-0.25, -0.2) is 4.98 Å². The topological polar surface area (TPSA) is 28.2 Å². The molecular formula is C14H22ClN3S. The van der Waals surface area contributed by atoms with Crippen molar-refractivity contribution in [3.63, 3.8) is 0 Å². The maximum atomic E-state index is 6.39. The first kappa shape index (κ1) is 14.9. The van der Waals surface area contributed by atoms with Crippen LogP contribution in [0.4, 0.5) is 5.82 Å². The zero-order chi connectivity index (χ0) is 13.7. The molecule has 0 aromatic carbocycles. The molecule has 19 heavy (non-hydrogen) atoms. The largest absolute Gasteiger partial charge is 0.355 e. The van der Waals surface area contributed by atoms with Crippen molar-refractivity contribution in [1.82, 2.24) is 10.3 Å². The molecule has 1 aliphatic rings. The van der Waals surface area contributed by atoms with Crippen molar-refractivity contribution >= 4 is 29.2 Å². The van der Waals surface area contributed by atoms with E-state index in [1.54, 1.807) is 0 Å². The number of halogens is 1. The quantitative estimate of drug-likeness (QED) is 0.924. The smallest absolute Gasteiger partial charge is 0.147 e. The second-order valence-electron chi connectivity index (χ2n) is 5.14.